The molecule has 0 radical (unpaired) electrons. The minimum atomic E-state index is -0.250. The predicted octanol–water partition coefficient (Wildman–Crippen LogP) is 1.29. The number of rotatable bonds is 7. The van der Waals surface area contributed by atoms with E-state index in [4.69, 9.17) is 10.9 Å². The van der Waals surface area contributed by atoms with Crippen LogP contribution in [-0.4, -0.2) is 35.3 Å². The van der Waals surface area contributed by atoms with E-state index in [1.807, 2.05) is 13.8 Å². The van der Waals surface area contributed by atoms with Gasteiger partial charge in [-0.15, -0.1) is 0 Å². The molecule has 0 aromatic heterocycles. The van der Waals surface area contributed by atoms with Crippen LogP contribution in [0.25, 0.3) is 0 Å². The number of amidine groups is 1. The van der Waals surface area contributed by atoms with Gasteiger partial charge in [0.05, 0.1) is 6.10 Å². The lowest BCUT2D eigenvalue weighted by molar-refractivity contribution is 0.177. The molecule has 1 rings (SSSR count). The maximum Gasteiger partial charge on any atom is 0.144 e. The Kier molecular flexibility index (Phi) is 5.88. The summed E-state index contributed by atoms with van der Waals surface area (Å²) < 4.78 is 0. The number of nitrogens with two attached hydrogens (primary N) is 1. The van der Waals surface area contributed by atoms with E-state index in [0.29, 0.717) is 11.8 Å². The highest BCUT2D eigenvalue weighted by molar-refractivity contribution is 5.85. The summed E-state index contributed by atoms with van der Waals surface area (Å²) in [4.78, 5) is 0. The molecule has 5 N–H and O–H groups in total. The molecule has 1 aliphatic rings. The highest BCUT2D eigenvalue weighted by Crippen LogP contribution is 2.25. The number of nitrogens with zero attached hydrogens (tertiary/aromatic N) is 1. The molecule has 0 aromatic rings. The lowest BCUT2D eigenvalue weighted by Gasteiger charge is -2.22. The molecule has 106 valence electrons. The van der Waals surface area contributed by atoms with Crippen molar-refractivity contribution in [3.05, 3.63) is 0 Å². The van der Waals surface area contributed by atoms with Crippen molar-refractivity contribution in [2.75, 3.05) is 13.1 Å². The first kappa shape index (κ1) is 15.2. The molecular formula is C13H27N3O2. The Morgan fingerprint density at radius 1 is 1.44 bits per heavy atom. The first-order chi connectivity index (χ1) is 8.45. The van der Waals surface area contributed by atoms with Gasteiger partial charge in [-0.05, 0) is 51.1 Å². The summed E-state index contributed by atoms with van der Waals surface area (Å²) in [5.41, 5.74) is 5.38. The normalized spacial score (nSPS) is 25.6. The highest BCUT2D eigenvalue weighted by Gasteiger charge is 2.24. The minimum absolute atomic E-state index is 0.0868. The second kappa shape index (κ2) is 6.95. The fourth-order valence-corrected chi connectivity index (χ4v) is 2.46. The fraction of sp³-hybridized carbons (Fsp3) is 0.923. The molecule has 0 saturated heterocycles. The second-order valence-electron chi connectivity index (χ2n) is 6.01. The summed E-state index contributed by atoms with van der Waals surface area (Å²) in [5, 5.41) is 24.6. The Hall–Kier alpha value is -0.810. The molecule has 2 unspecified atom stereocenters. The molecule has 5 heteroatoms. The zero-order valence-electron chi connectivity index (χ0n) is 11.5. The largest absolute Gasteiger partial charge is 0.409 e. The van der Waals surface area contributed by atoms with Crippen molar-refractivity contribution in [2.24, 2.45) is 22.2 Å². The van der Waals surface area contributed by atoms with Gasteiger partial charge in [0, 0.05) is 5.41 Å². The standard InChI is InChI=1S/C13H27N3O2/c1-13(2,12(14)16-18)6-3-7-15-9-10-4-5-11(17)8-10/h10-11,15,17-18H,3-9H2,1-2H3,(H2,14,16). The zero-order chi connectivity index (χ0) is 13.6. The molecule has 0 amide bonds. The van der Waals surface area contributed by atoms with E-state index < -0.39 is 0 Å². The second-order valence-corrected chi connectivity index (χ2v) is 6.01. The average molecular weight is 257 g/mol. The highest BCUT2D eigenvalue weighted by atomic mass is 16.4. The molecule has 1 aliphatic carbocycles. The van der Waals surface area contributed by atoms with Crippen LogP contribution in [0.5, 0.6) is 0 Å². The van der Waals surface area contributed by atoms with Gasteiger partial charge in [-0.3, -0.25) is 0 Å². The van der Waals surface area contributed by atoms with Crippen molar-refractivity contribution in [3.8, 4) is 0 Å². The van der Waals surface area contributed by atoms with Crippen LogP contribution in [0, 0.1) is 11.3 Å². The van der Waals surface area contributed by atoms with E-state index in [1.54, 1.807) is 0 Å². The van der Waals surface area contributed by atoms with E-state index in [9.17, 15) is 5.11 Å². The summed E-state index contributed by atoms with van der Waals surface area (Å²) in [6.07, 6.45) is 4.81. The Labute approximate surface area is 109 Å². The van der Waals surface area contributed by atoms with E-state index in [2.05, 4.69) is 10.5 Å². The molecule has 0 aliphatic heterocycles. The van der Waals surface area contributed by atoms with E-state index in [1.165, 1.54) is 0 Å². The Morgan fingerprint density at radius 3 is 2.72 bits per heavy atom. The van der Waals surface area contributed by atoms with Crippen LogP contribution >= 0.6 is 0 Å². The van der Waals surface area contributed by atoms with E-state index in [-0.39, 0.29) is 11.5 Å². The van der Waals surface area contributed by atoms with Gasteiger partial charge in [0.15, 0.2) is 0 Å². The molecule has 0 heterocycles. The van der Waals surface area contributed by atoms with Gasteiger partial charge in [0.1, 0.15) is 5.84 Å². The van der Waals surface area contributed by atoms with Crippen LogP contribution in [0.3, 0.4) is 0 Å². The molecule has 1 saturated carbocycles. The molecular weight excluding hydrogens is 230 g/mol. The lowest BCUT2D eigenvalue weighted by Crippen LogP contribution is -2.33. The van der Waals surface area contributed by atoms with Crippen molar-refractivity contribution in [2.45, 2.75) is 52.1 Å². The van der Waals surface area contributed by atoms with Crippen LogP contribution in [0.15, 0.2) is 5.16 Å². The van der Waals surface area contributed by atoms with Crippen molar-refractivity contribution in [1.29, 1.82) is 0 Å². The van der Waals surface area contributed by atoms with Gasteiger partial charge in [0.2, 0.25) is 0 Å². The maximum absolute atomic E-state index is 9.42. The van der Waals surface area contributed by atoms with Crippen LogP contribution in [0.2, 0.25) is 0 Å². The van der Waals surface area contributed by atoms with Crippen molar-refractivity contribution < 1.29 is 10.3 Å². The minimum Gasteiger partial charge on any atom is -0.409 e. The Balaban J connectivity index is 2.08. The zero-order valence-corrected chi connectivity index (χ0v) is 11.5. The number of hydrogen-bond acceptors (Lipinski definition) is 4. The summed E-state index contributed by atoms with van der Waals surface area (Å²) in [6, 6.07) is 0. The van der Waals surface area contributed by atoms with Crippen LogP contribution in [0.1, 0.15) is 46.0 Å². The molecule has 0 bridgehead atoms. The van der Waals surface area contributed by atoms with Gasteiger partial charge < -0.3 is 21.4 Å². The van der Waals surface area contributed by atoms with E-state index >= 15 is 0 Å². The smallest absolute Gasteiger partial charge is 0.144 e. The maximum atomic E-state index is 9.42. The molecule has 5 nitrogen and oxygen atoms in total. The number of hydrogen-bond donors (Lipinski definition) is 4. The van der Waals surface area contributed by atoms with Gasteiger partial charge in [-0.25, -0.2) is 0 Å². The molecule has 0 aromatic carbocycles. The van der Waals surface area contributed by atoms with Crippen molar-refractivity contribution in [3.63, 3.8) is 0 Å². The quantitative estimate of drug-likeness (QED) is 0.182. The number of aliphatic hydroxyl groups is 1. The number of oxime groups is 1. The third kappa shape index (κ3) is 4.82. The lowest BCUT2D eigenvalue weighted by atomic mass is 9.86. The fourth-order valence-electron chi connectivity index (χ4n) is 2.46. The third-order valence-electron chi connectivity index (χ3n) is 3.90. The first-order valence-electron chi connectivity index (χ1n) is 6.82. The van der Waals surface area contributed by atoms with Crippen LogP contribution in [-0.2, 0) is 0 Å². The molecule has 1 fully saturated rings. The van der Waals surface area contributed by atoms with Crippen molar-refractivity contribution in [1.82, 2.24) is 5.32 Å². The van der Waals surface area contributed by atoms with Gasteiger partial charge in [0.25, 0.3) is 0 Å². The molecule has 0 spiro atoms. The predicted molar refractivity (Wildman–Crippen MR) is 72.6 cm³/mol. The monoisotopic (exact) mass is 257 g/mol. The van der Waals surface area contributed by atoms with Crippen LogP contribution < -0.4 is 11.1 Å². The Morgan fingerprint density at radius 2 is 2.17 bits per heavy atom. The summed E-state index contributed by atoms with van der Waals surface area (Å²) in [5.74, 6) is 0.915. The topological polar surface area (TPSA) is 90.9 Å². The van der Waals surface area contributed by atoms with E-state index in [0.717, 1.165) is 45.2 Å². The van der Waals surface area contributed by atoms with Gasteiger partial charge in [-0.1, -0.05) is 19.0 Å². The third-order valence-corrected chi connectivity index (χ3v) is 3.90. The Bertz CT molecular complexity index is 279. The summed E-state index contributed by atoms with van der Waals surface area (Å²) in [6.45, 7) is 5.89. The van der Waals surface area contributed by atoms with Crippen LogP contribution in [0.4, 0.5) is 0 Å². The van der Waals surface area contributed by atoms with Crippen molar-refractivity contribution >= 4 is 5.84 Å². The SMILES string of the molecule is CC(C)(CCCNCC1CCC(O)C1)C(N)=NO. The number of nitrogens with one attached hydrogen (secondary N) is 1. The average Bonchev–Trinajstić information content (AvgIpc) is 2.73. The molecule has 2 atom stereocenters. The molecule has 18 heavy (non-hydrogen) atoms. The number of aliphatic hydroxyl groups excluding tert-OH is 1. The summed E-state index contributed by atoms with van der Waals surface area (Å²) in [7, 11) is 0. The van der Waals surface area contributed by atoms with Gasteiger partial charge >= 0.3 is 0 Å². The first-order valence-corrected chi connectivity index (χ1v) is 6.82. The van der Waals surface area contributed by atoms with Gasteiger partial charge in [-0.2, -0.15) is 0 Å². The summed E-state index contributed by atoms with van der Waals surface area (Å²) >= 11 is 0.